The maximum Gasteiger partial charge on any atom is 0.273 e. The molecule has 0 bridgehead atoms. The van der Waals surface area contributed by atoms with Gasteiger partial charge in [-0.2, -0.15) is 5.10 Å². The number of fused-ring (bicyclic) bond motifs is 1. The average molecular weight is 352 g/mol. The summed E-state index contributed by atoms with van der Waals surface area (Å²) < 4.78 is 1.94. The maximum absolute atomic E-state index is 13.6. The molecule has 1 aliphatic heterocycles. The zero-order chi connectivity index (χ0) is 18.1. The SMILES string of the molecule is CCn1nc2c(c1C(=O)N1CCN(C)C[C@H]1c1ccccc1)CCCC2. The molecule has 1 aliphatic carbocycles. The molecule has 1 atom stereocenters. The fourth-order valence-electron chi connectivity index (χ4n) is 4.33. The van der Waals surface area contributed by atoms with Gasteiger partial charge in [0, 0.05) is 31.7 Å². The van der Waals surface area contributed by atoms with Crippen molar-refractivity contribution in [2.75, 3.05) is 26.7 Å². The van der Waals surface area contributed by atoms with Crippen LogP contribution in [0.4, 0.5) is 0 Å². The van der Waals surface area contributed by atoms with Gasteiger partial charge in [0.15, 0.2) is 0 Å². The van der Waals surface area contributed by atoms with Gasteiger partial charge in [-0.1, -0.05) is 30.3 Å². The topological polar surface area (TPSA) is 41.4 Å². The Balaban J connectivity index is 1.71. The second-order valence-corrected chi connectivity index (χ2v) is 7.48. The van der Waals surface area contributed by atoms with Crippen molar-refractivity contribution in [1.29, 1.82) is 0 Å². The van der Waals surface area contributed by atoms with Gasteiger partial charge in [-0.25, -0.2) is 0 Å². The molecule has 2 heterocycles. The van der Waals surface area contributed by atoms with E-state index in [2.05, 4.69) is 48.0 Å². The first-order chi connectivity index (χ1) is 12.7. The Morgan fingerprint density at radius 1 is 1.15 bits per heavy atom. The molecule has 138 valence electrons. The van der Waals surface area contributed by atoms with Crippen LogP contribution < -0.4 is 0 Å². The lowest BCUT2D eigenvalue weighted by Crippen LogP contribution is -2.49. The molecule has 5 heteroatoms. The molecule has 4 rings (SSSR count). The normalized spacial score (nSPS) is 20.8. The van der Waals surface area contributed by atoms with Crippen molar-refractivity contribution in [2.45, 2.75) is 45.2 Å². The van der Waals surface area contributed by atoms with Crippen LogP contribution in [0.3, 0.4) is 0 Å². The highest BCUT2D eigenvalue weighted by atomic mass is 16.2. The zero-order valence-corrected chi connectivity index (χ0v) is 15.8. The summed E-state index contributed by atoms with van der Waals surface area (Å²) in [6.45, 7) is 5.38. The Morgan fingerprint density at radius 3 is 2.69 bits per heavy atom. The second kappa shape index (κ2) is 7.23. The standard InChI is InChI=1S/C21H28N4O/c1-3-25-20(17-11-7-8-12-18(17)22-25)21(26)24-14-13-23(2)15-19(24)16-9-5-4-6-10-16/h4-6,9-10,19H,3,7-8,11-15H2,1-2H3/t19-/m0/s1. The Morgan fingerprint density at radius 2 is 1.92 bits per heavy atom. The number of likely N-dealkylation sites (N-methyl/N-ethyl adjacent to an activating group) is 1. The highest BCUT2D eigenvalue weighted by Gasteiger charge is 2.34. The van der Waals surface area contributed by atoms with Crippen molar-refractivity contribution in [3.05, 3.63) is 52.8 Å². The van der Waals surface area contributed by atoms with E-state index in [1.165, 1.54) is 17.5 Å². The minimum Gasteiger partial charge on any atom is -0.328 e. The van der Waals surface area contributed by atoms with Crippen LogP contribution in [0.5, 0.6) is 0 Å². The maximum atomic E-state index is 13.6. The second-order valence-electron chi connectivity index (χ2n) is 7.48. The molecule has 2 aromatic rings. The van der Waals surface area contributed by atoms with Crippen LogP contribution in [-0.4, -0.2) is 52.2 Å². The molecule has 2 aliphatic rings. The van der Waals surface area contributed by atoms with E-state index in [-0.39, 0.29) is 11.9 Å². The first-order valence-electron chi connectivity index (χ1n) is 9.82. The van der Waals surface area contributed by atoms with Gasteiger partial charge in [0.1, 0.15) is 5.69 Å². The predicted octanol–water partition coefficient (Wildman–Crippen LogP) is 2.91. The van der Waals surface area contributed by atoms with Gasteiger partial charge in [0.2, 0.25) is 0 Å². The number of carbonyl (C=O) groups is 1. The third-order valence-corrected chi connectivity index (χ3v) is 5.75. The van der Waals surface area contributed by atoms with Gasteiger partial charge in [-0.3, -0.25) is 9.48 Å². The molecule has 0 unspecified atom stereocenters. The van der Waals surface area contributed by atoms with Gasteiger partial charge in [0.05, 0.1) is 11.7 Å². The summed E-state index contributed by atoms with van der Waals surface area (Å²) in [6, 6.07) is 10.5. The number of nitrogens with zero attached hydrogens (tertiary/aromatic N) is 4. The lowest BCUT2D eigenvalue weighted by molar-refractivity contribution is 0.0485. The van der Waals surface area contributed by atoms with Gasteiger partial charge >= 0.3 is 0 Å². The van der Waals surface area contributed by atoms with Crippen molar-refractivity contribution in [3.8, 4) is 0 Å². The third kappa shape index (κ3) is 3.05. The summed E-state index contributed by atoms with van der Waals surface area (Å²) in [4.78, 5) is 18.0. The number of hydrogen-bond donors (Lipinski definition) is 0. The number of aryl methyl sites for hydroxylation is 2. The van der Waals surface area contributed by atoms with E-state index in [4.69, 9.17) is 5.10 Å². The number of aromatic nitrogens is 2. The molecule has 1 saturated heterocycles. The van der Waals surface area contributed by atoms with E-state index in [0.29, 0.717) is 0 Å². The number of hydrogen-bond acceptors (Lipinski definition) is 3. The predicted molar refractivity (Wildman–Crippen MR) is 102 cm³/mol. The minimum atomic E-state index is 0.0990. The number of rotatable bonds is 3. The molecular weight excluding hydrogens is 324 g/mol. The van der Waals surface area contributed by atoms with E-state index in [1.54, 1.807) is 0 Å². The molecule has 0 saturated carbocycles. The van der Waals surface area contributed by atoms with Gasteiger partial charge in [-0.15, -0.1) is 0 Å². The van der Waals surface area contributed by atoms with Gasteiger partial charge in [-0.05, 0) is 45.2 Å². The van der Waals surface area contributed by atoms with Crippen molar-refractivity contribution in [2.24, 2.45) is 0 Å². The lowest BCUT2D eigenvalue weighted by atomic mass is 9.94. The van der Waals surface area contributed by atoms with Crippen LogP contribution in [0, 0.1) is 0 Å². The van der Waals surface area contributed by atoms with E-state index in [9.17, 15) is 4.79 Å². The lowest BCUT2D eigenvalue weighted by Gasteiger charge is -2.40. The fourth-order valence-corrected chi connectivity index (χ4v) is 4.33. The number of benzene rings is 1. The van der Waals surface area contributed by atoms with E-state index in [1.807, 2.05) is 10.7 Å². The van der Waals surface area contributed by atoms with Crippen molar-refractivity contribution < 1.29 is 4.79 Å². The van der Waals surface area contributed by atoms with Crippen LogP contribution in [0.15, 0.2) is 30.3 Å². The molecule has 1 fully saturated rings. The Bertz CT molecular complexity index is 783. The summed E-state index contributed by atoms with van der Waals surface area (Å²) in [5.74, 6) is 0.157. The Kier molecular flexibility index (Phi) is 4.81. The zero-order valence-electron chi connectivity index (χ0n) is 15.8. The first kappa shape index (κ1) is 17.3. The summed E-state index contributed by atoms with van der Waals surface area (Å²) in [5.41, 5.74) is 4.40. The quantitative estimate of drug-likeness (QED) is 0.853. The van der Waals surface area contributed by atoms with Crippen molar-refractivity contribution in [3.63, 3.8) is 0 Å². The molecule has 0 radical (unpaired) electrons. The monoisotopic (exact) mass is 352 g/mol. The van der Waals surface area contributed by atoms with Gasteiger partial charge < -0.3 is 9.80 Å². The van der Waals surface area contributed by atoms with Crippen LogP contribution in [-0.2, 0) is 19.4 Å². The number of carbonyl (C=O) groups excluding carboxylic acids is 1. The van der Waals surface area contributed by atoms with Crippen LogP contribution in [0.1, 0.15) is 53.1 Å². The Labute approximate surface area is 155 Å². The first-order valence-corrected chi connectivity index (χ1v) is 9.82. The van der Waals surface area contributed by atoms with E-state index < -0.39 is 0 Å². The van der Waals surface area contributed by atoms with Crippen molar-refractivity contribution in [1.82, 2.24) is 19.6 Å². The largest absolute Gasteiger partial charge is 0.328 e. The molecule has 1 aromatic carbocycles. The molecule has 1 aromatic heterocycles. The molecule has 0 N–H and O–H groups in total. The van der Waals surface area contributed by atoms with Crippen LogP contribution in [0.25, 0.3) is 0 Å². The average Bonchev–Trinajstić information content (AvgIpc) is 3.06. The summed E-state index contributed by atoms with van der Waals surface area (Å²) in [7, 11) is 2.13. The van der Waals surface area contributed by atoms with Crippen molar-refractivity contribution >= 4 is 5.91 Å². The highest BCUT2D eigenvalue weighted by molar-refractivity contribution is 5.95. The number of piperazine rings is 1. The molecular formula is C21H28N4O. The van der Waals surface area contributed by atoms with E-state index in [0.717, 1.165) is 56.8 Å². The summed E-state index contributed by atoms with van der Waals surface area (Å²) in [5, 5.41) is 4.76. The smallest absolute Gasteiger partial charge is 0.273 e. The number of amides is 1. The Hall–Kier alpha value is -2.14. The van der Waals surface area contributed by atoms with Gasteiger partial charge in [0.25, 0.3) is 5.91 Å². The van der Waals surface area contributed by atoms with Crippen LogP contribution >= 0.6 is 0 Å². The molecule has 5 nitrogen and oxygen atoms in total. The molecule has 0 spiro atoms. The fraction of sp³-hybridized carbons (Fsp3) is 0.524. The van der Waals surface area contributed by atoms with Crippen LogP contribution in [0.2, 0.25) is 0 Å². The highest BCUT2D eigenvalue weighted by Crippen LogP contribution is 2.30. The minimum absolute atomic E-state index is 0.0990. The van der Waals surface area contributed by atoms with E-state index >= 15 is 0 Å². The summed E-state index contributed by atoms with van der Waals surface area (Å²) >= 11 is 0. The molecule has 1 amide bonds. The third-order valence-electron chi connectivity index (χ3n) is 5.75. The molecule has 26 heavy (non-hydrogen) atoms. The summed E-state index contributed by atoms with van der Waals surface area (Å²) in [6.07, 6.45) is 4.34.